The van der Waals surface area contributed by atoms with Crippen molar-refractivity contribution in [1.82, 2.24) is 4.98 Å². The third-order valence-electron chi connectivity index (χ3n) is 4.25. The molecule has 1 aliphatic rings. The molecule has 1 aliphatic carbocycles. The quantitative estimate of drug-likeness (QED) is 0.514. The number of aliphatic carboxylic acids is 1. The Labute approximate surface area is 128 Å². The van der Waals surface area contributed by atoms with Crippen LogP contribution in [0.25, 0.3) is 0 Å². The number of ether oxygens (including phenoxy) is 1. The van der Waals surface area contributed by atoms with Crippen molar-refractivity contribution in [1.29, 1.82) is 0 Å². The first kappa shape index (κ1) is 15.8. The van der Waals surface area contributed by atoms with Crippen LogP contribution in [-0.2, 0) is 20.7 Å². The van der Waals surface area contributed by atoms with Crippen molar-refractivity contribution in [2.24, 2.45) is 11.3 Å². The van der Waals surface area contributed by atoms with Gasteiger partial charge in [0.25, 0.3) is 0 Å². The lowest BCUT2D eigenvalue weighted by Crippen LogP contribution is -2.47. The molecule has 1 aromatic rings. The van der Waals surface area contributed by atoms with E-state index < -0.39 is 17.4 Å². The van der Waals surface area contributed by atoms with Crippen LogP contribution in [-0.4, -0.2) is 29.1 Å². The molecule has 0 saturated heterocycles. The molecule has 2 rings (SSSR count). The van der Waals surface area contributed by atoms with Crippen LogP contribution in [0.5, 0.6) is 0 Å². The fraction of sp³-hybridized carbons (Fsp3) is 0.533. The van der Waals surface area contributed by atoms with Crippen LogP contribution in [0, 0.1) is 11.3 Å². The van der Waals surface area contributed by atoms with E-state index in [2.05, 4.69) is 4.98 Å². The summed E-state index contributed by atoms with van der Waals surface area (Å²) in [7, 11) is 1.23. The predicted octanol–water partition coefficient (Wildman–Crippen LogP) is 2.71. The molecule has 0 radical (unpaired) electrons. The van der Waals surface area contributed by atoms with Crippen molar-refractivity contribution >= 4 is 23.5 Å². The van der Waals surface area contributed by atoms with E-state index in [1.165, 1.54) is 13.3 Å². The number of esters is 1. The standard InChI is InChI=1S/C15H18ClNO4/c1-21-14(20)15(13(18)19,11-4-2-3-5-11)8-10-6-7-12(16)17-9-10/h6-7,9,11H,2-5,8H2,1H3,(H,18,19). The Balaban J connectivity index is 2.40. The minimum Gasteiger partial charge on any atom is -0.480 e. The van der Waals surface area contributed by atoms with Crippen molar-refractivity contribution in [2.75, 3.05) is 7.11 Å². The van der Waals surface area contributed by atoms with Gasteiger partial charge in [0.1, 0.15) is 5.15 Å². The molecule has 1 unspecified atom stereocenters. The first-order valence-corrected chi connectivity index (χ1v) is 7.30. The summed E-state index contributed by atoms with van der Waals surface area (Å²) in [6.45, 7) is 0. The van der Waals surface area contributed by atoms with E-state index in [9.17, 15) is 14.7 Å². The molecule has 5 nitrogen and oxygen atoms in total. The van der Waals surface area contributed by atoms with E-state index >= 15 is 0 Å². The molecule has 1 saturated carbocycles. The van der Waals surface area contributed by atoms with Gasteiger partial charge in [-0.05, 0) is 30.4 Å². The second-order valence-corrected chi connectivity index (χ2v) is 5.80. The Hall–Kier alpha value is -1.62. The van der Waals surface area contributed by atoms with E-state index in [-0.39, 0.29) is 12.3 Å². The van der Waals surface area contributed by atoms with Crippen LogP contribution >= 0.6 is 11.6 Å². The van der Waals surface area contributed by atoms with E-state index in [0.29, 0.717) is 10.7 Å². The summed E-state index contributed by atoms with van der Waals surface area (Å²) in [6, 6.07) is 3.29. The van der Waals surface area contributed by atoms with E-state index in [1.54, 1.807) is 12.1 Å². The molecule has 6 heteroatoms. The number of methoxy groups -OCH3 is 1. The number of carbonyl (C=O) groups excluding carboxylic acids is 1. The van der Waals surface area contributed by atoms with Crippen molar-refractivity contribution in [3.63, 3.8) is 0 Å². The van der Waals surface area contributed by atoms with Gasteiger partial charge in [0.2, 0.25) is 0 Å². The number of pyridine rings is 1. The Morgan fingerprint density at radius 2 is 2.10 bits per heavy atom. The normalized spacial score (nSPS) is 18.2. The maximum Gasteiger partial charge on any atom is 0.323 e. The Bertz CT molecular complexity index is 525. The number of hydrogen-bond donors (Lipinski definition) is 1. The summed E-state index contributed by atoms with van der Waals surface area (Å²) < 4.78 is 4.82. The molecule has 114 valence electrons. The highest BCUT2D eigenvalue weighted by atomic mass is 35.5. The van der Waals surface area contributed by atoms with Gasteiger partial charge in [-0.3, -0.25) is 9.59 Å². The van der Waals surface area contributed by atoms with Gasteiger partial charge in [-0.15, -0.1) is 0 Å². The van der Waals surface area contributed by atoms with Crippen molar-refractivity contribution in [3.05, 3.63) is 29.0 Å². The number of halogens is 1. The van der Waals surface area contributed by atoms with E-state index in [4.69, 9.17) is 16.3 Å². The minimum absolute atomic E-state index is 0.0733. The highest BCUT2D eigenvalue weighted by Gasteiger charge is 2.54. The lowest BCUT2D eigenvalue weighted by atomic mass is 9.70. The Kier molecular flexibility index (Phi) is 4.83. The largest absolute Gasteiger partial charge is 0.480 e. The topological polar surface area (TPSA) is 76.5 Å². The number of hydrogen-bond acceptors (Lipinski definition) is 4. The highest BCUT2D eigenvalue weighted by Crippen LogP contribution is 2.43. The van der Waals surface area contributed by atoms with Crippen molar-refractivity contribution in [3.8, 4) is 0 Å². The maximum atomic E-state index is 12.3. The fourth-order valence-corrected chi connectivity index (χ4v) is 3.27. The maximum absolute atomic E-state index is 12.3. The number of aromatic nitrogens is 1. The van der Waals surface area contributed by atoms with Crippen molar-refractivity contribution in [2.45, 2.75) is 32.1 Å². The summed E-state index contributed by atoms with van der Waals surface area (Å²) in [6.07, 6.45) is 4.91. The molecular formula is C15H18ClNO4. The third kappa shape index (κ3) is 3.02. The molecule has 0 amide bonds. The second kappa shape index (κ2) is 6.43. The van der Waals surface area contributed by atoms with Crippen LogP contribution < -0.4 is 0 Å². The number of carbonyl (C=O) groups is 2. The average Bonchev–Trinajstić information content (AvgIpc) is 3.00. The number of rotatable bonds is 5. The fourth-order valence-electron chi connectivity index (χ4n) is 3.15. The average molecular weight is 312 g/mol. The number of carboxylic acids is 1. The highest BCUT2D eigenvalue weighted by molar-refractivity contribution is 6.29. The minimum atomic E-state index is -1.54. The zero-order chi connectivity index (χ0) is 15.5. The van der Waals surface area contributed by atoms with Crippen LogP contribution in [0.4, 0.5) is 0 Å². The molecular weight excluding hydrogens is 294 g/mol. The zero-order valence-corrected chi connectivity index (χ0v) is 12.6. The molecule has 0 spiro atoms. The second-order valence-electron chi connectivity index (χ2n) is 5.42. The molecule has 1 N–H and O–H groups in total. The summed E-state index contributed by atoms with van der Waals surface area (Å²) in [4.78, 5) is 28.2. The number of nitrogens with zero attached hydrogens (tertiary/aromatic N) is 1. The molecule has 1 atom stereocenters. The summed E-state index contributed by atoms with van der Waals surface area (Å²) in [5.74, 6) is -2.02. The van der Waals surface area contributed by atoms with Gasteiger partial charge in [-0.1, -0.05) is 30.5 Å². The van der Waals surface area contributed by atoms with E-state index in [1.807, 2.05) is 0 Å². The molecule has 0 aliphatic heterocycles. The summed E-state index contributed by atoms with van der Waals surface area (Å²) in [5, 5.41) is 10.1. The molecule has 21 heavy (non-hydrogen) atoms. The lowest BCUT2D eigenvalue weighted by Gasteiger charge is -2.32. The van der Waals surface area contributed by atoms with Crippen LogP contribution in [0.2, 0.25) is 5.15 Å². The van der Waals surface area contributed by atoms with Crippen LogP contribution in [0.1, 0.15) is 31.2 Å². The van der Waals surface area contributed by atoms with Gasteiger partial charge < -0.3 is 9.84 Å². The Morgan fingerprint density at radius 1 is 1.43 bits per heavy atom. The first-order valence-electron chi connectivity index (χ1n) is 6.93. The first-order chi connectivity index (χ1) is 10.0. The van der Waals surface area contributed by atoms with Gasteiger partial charge in [0.05, 0.1) is 7.11 Å². The summed E-state index contributed by atoms with van der Waals surface area (Å²) in [5.41, 5.74) is -0.875. The van der Waals surface area contributed by atoms with Gasteiger partial charge in [0.15, 0.2) is 5.41 Å². The number of carboxylic acid groups (broad SMARTS) is 1. The van der Waals surface area contributed by atoms with Gasteiger partial charge in [0, 0.05) is 12.6 Å². The van der Waals surface area contributed by atoms with Gasteiger partial charge in [-0.2, -0.15) is 0 Å². The molecule has 0 aromatic carbocycles. The molecule has 0 bridgehead atoms. The van der Waals surface area contributed by atoms with Gasteiger partial charge in [-0.25, -0.2) is 4.98 Å². The predicted molar refractivity (Wildman–Crippen MR) is 77.0 cm³/mol. The molecule has 1 aromatic heterocycles. The van der Waals surface area contributed by atoms with E-state index in [0.717, 1.165) is 25.7 Å². The SMILES string of the molecule is COC(=O)C(Cc1ccc(Cl)nc1)(C(=O)O)C1CCCC1. The third-order valence-corrected chi connectivity index (χ3v) is 4.48. The molecule has 1 heterocycles. The summed E-state index contributed by atoms with van der Waals surface area (Å²) >= 11 is 5.74. The van der Waals surface area contributed by atoms with Crippen LogP contribution in [0.15, 0.2) is 18.3 Å². The van der Waals surface area contributed by atoms with Gasteiger partial charge >= 0.3 is 11.9 Å². The smallest absolute Gasteiger partial charge is 0.323 e. The monoisotopic (exact) mass is 311 g/mol. The van der Waals surface area contributed by atoms with Crippen molar-refractivity contribution < 1.29 is 19.4 Å². The Morgan fingerprint density at radius 3 is 2.57 bits per heavy atom. The zero-order valence-electron chi connectivity index (χ0n) is 11.8. The molecule has 1 fully saturated rings. The van der Waals surface area contributed by atoms with Crippen LogP contribution in [0.3, 0.4) is 0 Å². The lowest BCUT2D eigenvalue weighted by molar-refractivity contribution is -0.171.